The topological polar surface area (TPSA) is 152 Å². The highest BCUT2D eigenvalue weighted by molar-refractivity contribution is 5.70. The molecule has 0 spiro atoms. The SMILES string of the molecule is CC/C=C\C/C=C\C/C=C\C/C=C\CCCCCCCCC(=O)OC(COC(=O)CCCCCCC/C=C\C/C=C\CCCCCC)COC1OC(CO)C(O)C(O)C1O. The second-order valence-electron chi connectivity index (χ2n) is 15.8. The number of hydrogen-bond acceptors (Lipinski definition) is 10. The van der Waals surface area contributed by atoms with Crippen LogP contribution >= 0.6 is 0 Å². The minimum absolute atomic E-state index is 0.207. The van der Waals surface area contributed by atoms with E-state index in [1.807, 2.05) is 0 Å². The van der Waals surface area contributed by atoms with Crippen molar-refractivity contribution in [3.05, 3.63) is 72.9 Å². The van der Waals surface area contributed by atoms with Gasteiger partial charge in [-0.1, -0.05) is 151 Å². The highest BCUT2D eigenvalue weighted by atomic mass is 16.7. The zero-order valence-electron chi connectivity index (χ0n) is 37.4. The van der Waals surface area contributed by atoms with Gasteiger partial charge in [0.25, 0.3) is 0 Å². The average Bonchev–Trinajstić information content (AvgIpc) is 3.25. The molecule has 0 amide bonds. The molecule has 10 nitrogen and oxygen atoms in total. The Hall–Kier alpha value is -2.86. The number of aliphatic hydroxyl groups is 4. The van der Waals surface area contributed by atoms with Crippen molar-refractivity contribution in [1.82, 2.24) is 0 Å². The molecular formula is C50H84O10. The molecule has 6 unspecified atom stereocenters. The summed E-state index contributed by atoms with van der Waals surface area (Å²) in [5.41, 5.74) is 0. The van der Waals surface area contributed by atoms with Gasteiger partial charge in [-0.15, -0.1) is 0 Å². The highest BCUT2D eigenvalue weighted by Crippen LogP contribution is 2.22. The van der Waals surface area contributed by atoms with E-state index in [0.717, 1.165) is 103 Å². The fraction of sp³-hybridized carbons (Fsp3) is 0.720. The van der Waals surface area contributed by atoms with Crippen LogP contribution in [0.5, 0.6) is 0 Å². The first-order valence-electron chi connectivity index (χ1n) is 23.5. The molecule has 0 aromatic rings. The van der Waals surface area contributed by atoms with Gasteiger partial charge in [0.05, 0.1) is 13.2 Å². The van der Waals surface area contributed by atoms with Gasteiger partial charge < -0.3 is 39.4 Å². The van der Waals surface area contributed by atoms with Crippen molar-refractivity contribution >= 4 is 11.9 Å². The van der Waals surface area contributed by atoms with Crippen LogP contribution in [0.3, 0.4) is 0 Å². The molecule has 0 aliphatic carbocycles. The molecule has 0 bridgehead atoms. The Morgan fingerprint density at radius 3 is 1.48 bits per heavy atom. The Kier molecular flexibility index (Phi) is 37.0. The summed E-state index contributed by atoms with van der Waals surface area (Å²) >= 11 is 0. The minimum Gasteiger partial charge on any atom is -0.462 e. The lowest BCUT2D eigenvalue weighted by Gasteiger charge is -2.39. The van der Waals surface area contributed by atoms with E-state index in [9.17, 15) is 30.0 Å². The molecule has 0 aromatic carbocycles. The van der Waals surface area contributed by atoms with Crippen LogP contribution in [-0.2, 0) is 28.5 Å². The van der Waals surface area contributed by atoms with E-state index in [4.69, 9.17) is 18.9 Å². The minimum atomic E-state index is -1.60. The Morgan fingerprint density at radius 2 is 0.983 bits per heavy atom. The maximum absolute atomic E-state index is 12.8. The number of rotatable bonds is 38. The smallest absolute Gasteiger partial charge is 0.306 e. The third-order valence-electron chi connectivity index (χ3n) is 10.3. The van der Waals surface area contributed by atoms with Crippen molar-refractivity contribution in [2.24, 2.45) is 0 Å². The summed E-state index contributed by atoms with van der Waals surface area (Å²) in [6, 6.07) is 0. The maximum Gasteiger partial charge on any atom is 0.306 e. The van der Waals surface area contributed by atoms with Gasteiger partial charge in [-0.3, -0.25) is 9.59 Å². The molecule has 1 aliphatic rings. The van der Waals surface area contributed by atoms with Gasteiger partial charge in [0.15, 0.2) is 12.4 Å². The number of carbonyl (C=O) groups excluding carboxylic acids is 2. The molecule has 0 radical (unpaired) electrons. The Bertz CT molecular complexity index is 1210. The zero-order valence-corrected chi connectivity index (χ0v) is 37.4. The van der Waals surface area contributed by atoms with Gasteiger partial charge >= 0.3 is 11.9 Å². The van der Waals surface area contributed by atoms with Crippen LogP contribution in [0, 0.1) is 0 Å². The fourth-order valence-corrected chi connectivity index (χ4v) is 6.62. The summed E-state index contributed by atoms with van der Waals surface area (Å²) in [5.74, 6) is -0.843. The number of allylic oxidation sites excluding steroid dienone is 12. The fourth-order valence-electron chi connectivity index (χ4n) is 6.62. The molecule has 1 aliphatic heterocycles. The van der Waals surface area contributed by atoms with Crippen molar-refractivity contribution in [1.29, 1.82) is 0 Å². The third-order valence-corrected chi connectivity index (χ3v) is 10.3. The lowest BCUT2D eigenvalue weighted by atomic mass is 9.99. The van der Waals surface area contributed by atoms with Crippen molar-refractivity contribution in [3.63, 3.8) is 0 Å². The summed E-state index contributed by atoms with van der Waals surface area (Å²) < 4.78 is 22.2. The van der Waals surface area contributed by atoms with Gasteiger partial charge in [0.2, 0.25) is 0 Å². The molecule has 1 heterocycles. The van der Waals surface area contributed by atoms with E-state index < -0.39 is 55.4 Å². The van der Waals surface area contributed by atoms with Crippen molar-refractivity contribution in [2.75, 3.05) is 19.8 Å². The van der Waals surface area contributed by atoms with E-state index in [-0.39, 0.29) is 26.1 Å². The molecule has 1 saturated heterocycles. The molecule has 4 N–H and O–H groups in total. The van der Waals surface area contributed by atoms with E-state index in [1.54, 1.807) is 0 Å². The second kappa shape index (κ2) is 40.2. The van der Waals surface area contributed by atoms with E-state index in [1.165, 1.54) is 32.1 Å². The molecule has 60 heavy (non-hydrogen) atoms. The quantitative estimate of drug-likeness (QED) is 0.0268. The first-order chi connectivity index (χ1) is 29.3. The predicted octanol–water partition coefficient (Wildman–Crippen LogP) is 10.4. The van der Waals surface area contributed by atoms with Gasteiger partial charge in [-0.25, -0.2) is 0 Å². The van der Waals surface area contributed by atoms with E-state index in [0.29, 0.717) is 12.8 Å². The Balaban J connectivity index is 2.34. The number of carbonyl (C=O) groups is 2. The average molecular weight is 845 g/mol. The van der Waals surface area contributed by atoms with Crippen LogP contribution < -0.4 is 0 Å². The maximum atomic E-state index is 12.8. The third kappa shape index (κ3) is 31.1. The van der Waals surface area contributed by atoms with Crippen LogP contribution in [0.1, 0.15) is 174 Å². The van der Waals surface area contributed by atoms with Crippen LogP contribution in [0.2, 0.25) is 0 Å². The summed E-state index contributed by atoms with van der Waals surface area (Å²) in [6.45, 7) is 3.26. The number of unbranched alkanes of at least 4 members (excludes halogenated alkanes) is 15. The summed E-state index contributed by atoms with van der Waals surface area (Å²) in [4.78, 5) is 25.4. The largest absolute Gasteiger partial charge is 0.462 e. The summed E-state index contributed by atoms with van der Waals surface area (Å²) in [7, 11) is 0. The van der Waals surface area contributed by atoms with E-state index >= 15 is 0 Å². The Morgan fingerprint density at radius 1 is 0.533 bits per heavy atom. The molecule has 0 saturated carbocycles. The van der Waals surface area contributed by atoms with E-state index in [2.05, 4.69) is 86.8 Å². The Labute approximate surface area is 363 Å². The molecule has 10 heteroatoms. The first kappa shape index (κ1) is 55.2. The monoisotopic (exact) mass is 845 g/mol. The van der Waals surface area contributed by atoms with Crippen molar-refractivity contribution in [2.45, 2.75) is 211 Å². The van der Waals surface area contributed by atoms with Crippen molar-refractivity contribution in [3.8, 4) is 0 Å². The summed E-state index contributed by atoms with van der Waals surface area (Å²) in [5, 5.41) is 40.1. The predicted molar refractivity (Wildman–Crippen MR) is 242 cm³/mol. The molecular weight excluding hydrogens is 761 g/mol. The molecule has 0 aromatic heterocycles. The number of esters is 2. The van der Waals surface area contributed by atoms with Crippen LogP contribution in [-0.4, -0.2) is 89.0 Å². The van der Waals surface area contributed by atoms with Gasteiger partial charge in [0, 0.05) is 12.8 Å². The number of aliphatic hydroxyl groups excluding tert-OH is 4. The molecule has 6 atom stereocenters. The second-order valence-corrected chi connectivity index (χ2v) is 15.8. The zero-order chi connectivity index (χ0) is 43.7. The molecule has 1 fully saturated rings. The lowest BCUT2D eigenvalue weighted by molar-refractivity contribution is -0.305. The van der Waals surface area contributed by atoms with Gasteiger partial charge in [-0.2, -0.15) is 0 Å². The first-order valence-corrected chi connectivity index (χ1v) is 23.5. The lowest BCUT2D eigenvalue weighted by Crippen LogP contribution is -2.59. The molecule has 1 rings (SSSR count). The highest BCUT2D eigenvalue weighted by Gasteiger charge is 2.44. The van der Waals surface area contributed by atoms with Crippen LogP contribution in [0.15, 0.2) is 72.9 Å². The normalized spacial score (nSPS) is 20.5. The van der Waals surface area contributed by atoms with Crippen LogP contribution in [0.25, 0.3) is 0 Å². The summed E-state index contributed by atoms with van der Waals surface area (Å²) in [6.07, 6.45) is 43.3. The van der Waals surface area contributed by atoms with Crippen LogP contribution in [0.4, 0.5) is 0 Å². The molecule has 344 valence electrons. The van der Waals surface area contributed by atoms with Gasteiger partial charge in [-0.05, 0) is 83.5 Å². The number of ether oxygens (including phenoxy) is 4. The standard InChI is InChI=1S/C50H84O10/c1-3-5-7-9-11-13-15-17-19-21-22-23-25-27-29-31-33-35-37-39-46(53)59-43(42-58-50-49(56)48(55)47(54)44(40-51)60-50)41-57-45(52)38-36-34-32-30-28-26-24-20-18-16-14-12-10-8-6-4-2/h5,7,11,13-14,16-17,19-20,22-24,43-44,47-51,54-56H,3-4,6,8-10,12,15,18,21,25-42H2,1-2H3/b7-5-,13-11-,16-14-,19-17-,23-22-,24-20-. The number of hydrogen-bond donors (Lipinski definition) is 4. The van der Waals surface area contributed by atoms with Gasteiger partial charge in [0.1, 0.15) is 31.0 Å². The van der Waals surface area contributed by atoms with Crippen molar-refractivity contribution < 1.29 is 49.0 Å².